The highest BCUT2D eigenvalue weighted by Gasteiger charge is 2.13. The topological polar surface area (TPSA) is 73.8 Å². The van der Waals surface area contributed by atoms with E-state index in [9.17, 15) is 19.7 Å². The van der Waals surface area contributed by atoms with E-state index in [-0.39, 0.29) is 6.42 Å². The molecule has 2 aromatic rings. The van der Waals surface area contributed by atoms with Gasteiger partial charge in [0.1, 0.15) is 11.9 Å². The van der Waals surface area contributed by atoms with E-state index in [0.29, 0.717) is 17.7 Å². The minimum absolute atomic E-state index is 0.258. The van der Waals surface area contributed by atoms with Gasteiger partial charge in [-0.05, 0) is 47.9 Å². The molecule has 0 saturated carbocycles. The van der Waals surface area contributed by atoms with Crippen molar-refractivity contribution in [3.05, 3.63) is 71.1 Å². The van der Waals surface area contributed by atoms with E-state index < -0.39 is 23.8 Å². The molecule has 1 aromatic carbocycles. The number of rotatable bonds is 8. The predicted molar refractivity (Wildman–Crippen MR) is 92.4 cm³/mol. The monoisotopic (exact) mass is 346 g/mol. The number of hydrogen-bond donors (Lipinski definition) is 3. The second-order valence-corrected chi connectivity index (χ2v) is 5.90. The largest absolute Gasteiger partial charge is 0.505 e. The van der Waals surface area contributed by atoms with Gasteiger partial charge >= 0.3 is 0 Å². The zero-order valence-corrected chi connectivity index (χ0v) is 14.2. The summed E-state index contributed by atoms with van der Waals surface area (Å²) < 4.78 is 18.5. The van der Waals surface area contributed by atoms with Crippen molar-refractivity contribution in [3.8, 4) is 5.75 Å². The van der Waals surface area contributed by atoms with Crippen molar-refractivity contribution in [3.63, 3.8) is 0 Å². The first kappa shape index (κ1) is 19.0. The van der Waals surface area contributed by atoms with Crippen LogP contribution in [0.5, 0.6) is 5.75 Å². The van der Waals surface area contributed by atoms with E-state index in [1.807, 2.05) is 6.92 Å². The van der Waals surface area contributed by atoms with Crippen LogP contribution in [0.2, 0.25) is 0 Å². The third-order valence-electron chi connectivity index (χ3n) is 3.87. The Balaban J connectivity index is 2.03. The maximum atomic E-state index is 13.3. The van der Waals surface area contributed by atoms with Crippen molar-refractivity contribution in [2.45, 2.75) is 44.8 Å². The molecular weight excluding hydrogens is 323 g/mol. The van der Waals surface area contributed by atoms with Crippen LogP contribution in [0.25, 0.3) is 0 Å². The van der Waals surface area contributed by atoms with Crippen molar-refractivity contribution in [2.24, 2.45) is 0 Å². The normalized spacial score (nSPS) is 13.1. The van der Waals surface area contributed by atoms with Gasteiger partial charge in [-0.3, -0.25) is 0 Å². The average molecular weight is 346 g/mol. The highest BCUT2D eigenvalue weighted by atomic mass is 19.1. The molecule has 0 unspecified atom stereocenters. The summed E-state index contributed by atoms with van der Waals surface area (Å²) in [5, 5.41) is 29.5. The fourth-order valence-corrected chi connectivity index (χ4v) is 2.53. The SMILES string of the molecule is CCCC(=C=CC[C@@H](O)c1ccc(O)c(F)c1)C[C@@H](O)c1ccco1. The number of benzene rings is 1. The molecule has 25 heavy (non-hydrogen) atoms. The summed E-state index contributed by atoms with van der Waals surface area (Å²) in [7, 11) is 0. The lowest BCUT2D eigenvalue weighted by atomic mass is 10.0. The van der Waals surface area contributed by atoms with Gasteiger partial charge in [0, 0.05) is 12.8 Å². The Morgan fingerprint density at radius 2 is 2.08 bits per heavy atom. The van der Waals surface area contributed by atoms with Gasteiger partial charge in [-0.2, -0.15) is 0 Å². The molecule has 1 heterocycles. The van der Waals surface area contributed by atoms with Crippen LogP contribution in [0, 0.1) is 5.82 Å². The van der Waals surface area contributed by atoms with Crippen molar-refractivity contribution >= 4 is 0 Å². The summed E-state index contributed by atoms with van der Waals surface area (Å²) in [6.45, 7) is 2.04. The number of phenolic OH excluding ortho intramolecular Hbond substituents is 1. The lowest BCUT2D eigenvalue weighted by Gasteiger charge is -2.10. The van der Waals surface area contributed by atoms with Gasteiger partial charge < -0.3 is 19.7 Å². The maximum absolute atomic E-state index is 13.3. The fourth-order valence-electron chi connectivity index (χ4n) is 2.53. The lowest BCUT2D eigenvalue weighted by molar-refractivity contribution is 0.149. The first-order valence-electron chi connectivity index (χ1n) is 8.32. The summed E-state index contributed by atoms with van der Waals surface area (Å²) in [5.41, 5.74) is 4.44. The Labute approximate surface area is 146 Å². The first-order valence-corrected chi connectivity index (χ1v) is 8.32. The summed E-state index contributed by atoms with van der Waals surface area (Å²) in [5.74, 6) is -0.692. The molecule has 0 radical (unpaired) electrons. The van der Waals surface area contributed by atoms with Crippen LogP contribution >= 0.6 is 0 Å². The smallest absolute Gasteiger partial charge is 0.165 e. The molecule has 0 bridgehead atoms. The third-order valence-corrected chi connectivity index (χ3v) is 3.87. The molecule has 0 aliphatic heterocycles. The molecule has 0 aliphatic carbocycles. The number of aliphatic hydroxyl groups is 2. The van der Waals surface area contributed by atoms with Crippen molar-refractivity contribution in [1.82, 2.24) is 0 Å². The van der Waals surface area contributed by atoms with Crippen molar-refractivity contribution < 1.29 is 24.1 Å². The summed E-state index contributed by atoms with van der Waals surface area (Å²) in [6.07, 6.45) is 3.94. The summed E-state index contributed by atoms with van der Waals surface area (Å²) in [4.78, 5) is 0. The lowest BCUT2D eigenvalue weighted by Crippen LogP contribution is -1.98. The van der Waals surface area contributed by atoms with E-state index in [2.05, 4.69) is 5.73 Å². The third kappa shape index (κ3) is 5.61. The zero-order valence-electron chi connectivity index (χ0n) is 14.2. The standard InChI is InChI=1S/C20H23FO4/c1-2-5-14(12-19(24)20-8-4-11-25-20)6-3-7-17(22)15-9-10-18(23)16(21)13-15/h3-4,8-11,13,17,19,22-24H,2,5,7,12H2,1H3/t6?,17-,19-/m1/s1. The Hall–Kier alpha value is -2.33. The second-order valence-electron chi connectivity index (χ2n) is 5.90. The molecule has 0 spiro atoms. The number of halogens is 1. The molecule has 4 nitrogen and oxygen atoms in total. The van der Waals surface area contributed by atoms with Crippen LogP contribution in [-0.2, 0) is 0 Å². The van der Waals surface area contributed by atoms with Crippen LogP contribution in [0.1, 0.15) is 56.1 Å². The Morgan fingerprint density at radius 3 is 2.72 bits per heavy atom. The summed E-state index contributed by atoms with van der Waals surface area (Å²) in [6, 6.07) is 7.26. The first-order chi connectivity index (χ1) is 12.0. The van der Waals surface area contributed by atoms with Gasteiger partial charge in [-0.1, -0.05) is 19.4 Å². The molecule has 0 fully saturated rings. The van der Waals surface area contributed by atoms with Crippen LogP contribution in [-0.4, -0.2) is 15.3 Å². The molecule has 134 valence electrons. The number of furan rings is 1. The van der Waals surface area contributed by atoms with Gasteiger partial charge in [0.2, 0.25) is 0 Å². The molecule has 2 rings (SSSR count). The molecule has 0 aliphatic rings. The predicted octanol–water partition coefficient (Wildman–Crippen LogP) is 4.55. The number of hydrogen-bond acceptors (Lipinski definition) is 4. The highest BCUT2D eigenvalue weighted by molar-refractivity contribution is 5.29. The van der Waals surface area contributed by atoms with Crippen LogP contribution in [0.15, 0.2) is 58.4 Å². The minimum Gasteiger partial charge on any atom is -0.505 e. The van der Waals surface area contributed by atoms with E-state index in [0.717, 1.165) is 24.5 Å². The van der Waals surface area contributed by atoms with Crippen molar-refractivity contribution in [1.29, 1.82) is 0 Å². The van der Waals surface area contributed by atoms with Gasteiger partial charge in [-0.25, -0.2) is 4.39 Å². The number of aromatic hydroxyl groups is 1. The molecule has 0 amide bonds. The molecule has 3 N–H and O–H groups in total. The number of phenols is 1. The molecule has 2 atom stereocenters. The van der Waals surface area contributed by atoms with Gasteiger partial charge in [0.25, 0.3) is 0 Å². The number of aliphatic hydroxyl groups excluding tert-OH is 2. The van der Waals surface area contributed by atoms with Crippen LogP contribution < -0.4 is 0 Å². The van der Waals surface area contributed by atoms with Gasteiger partial charge in [0.15, 0.2) is 11.6 Å². The van der Waals surface area contributed by atoms with Crippen LogP contribution in [0.4, 0.5) is 4.39 Å². The quantitative estimate of drug-likeness (QED) is 0.613. The van der Waals surface area contributed by atoms with E-state index >= 15 is 0 Å². The Kier molecular flexibility index (Phi) is 7.02. The minimum atomic E-state index is -0.888. The fraction of sp³-hybridized carbons (Fsp3) is 0.350. The molecular formula is C20H23FO4. The maximum Gasteiger partial charge on any atom is 0.165 e. The molecule has 0 saturated heterocycles. The van der Waals surface area contributed by atoms with E-state index in [1.54, 1.807) is 18.2 Å². The highest BCUT2D eigenvalue weighted by Crippen LogP contribution is 2.25. The van der Waals surface area contributed by atoms with Crippen LogP contribution in [0.3, 0.4) is 0 Å². The Morgan fingerprint density at radius 1 is 1.28 bits per heavy atom. The van der Waals surface area contributed by atoms with Gasteiger partial charge in [0.05, 0.1) is 12.4 Å². The summed E-state index contributed by atoms with van der Waals surface area (Å²) >= 11 is 0. The average Bonchev–Trinajstić information content (AvgIpc) is 3.12. The Bertz CT molecular complexity index is 730. The molecule has 5 heteroatoms. The van der Waals surface area contributed by atoms with E-state index in [1.165, 1.54) is 18.4 Å². The van der Waals surface area contributed by atoms with Crippen molar-refractivity contribution in [2.75, 3.05) is 0 Å². The second kappa shape index (κ2) is 9.23. The van der Waals surface area contributed by atoms with Gasteiger partial charge in [-0.15, -0.1) is 5.73 Å². The van der Waals surface area contributed by atoms with E-state index in [4.69, 9.17) is 4.42 Å². The zero-order chi connectivity index (χ0) is 18.2. The molecule has 1 aromatic heterocycles.